The molecular formula is C17H24N2O5. The lowest BCUT2D eigenvalue weighted by atomic mass is 10.1. The van der Waals surface area contributed by atoms with Crippen molar-refractivity contribution in [2.75, 3.05) is 6.54 Å². The first-order valence-corrected chi connectivity index (χ1v) is 8.09. The molecule has 0 aromatic heterocycles. The fourth-order valence-electron chi connectivity index (χ4n) is 2.89. The van der Waals surface area contributed by atoms with E-state index >= 15 is 0 Å². The Morgan fingerprint density at radius 3 is 2.62 bits per heavy atom. The van der Waals surface area contributed by atoms with Gasteiger partial charge in [-0.05, 0) is 44.4 Å². The Morgan fingerprint density at radius 1 is 1.33 bits per heavy atom. The maximum Gasteiger partial charge on any atom is 0.249 e. The number of aliphatic hydroxyl groups is 1. The van der Waals surface area contributed by atoms with Crippen molar-refractivity contribution in [2.24, 2.45) is 0 Å². The van der Waals surface area contributed by atoms with E-state index in [0.29, 0.717) is 12.1 Å². The number of phenolic OH excluding ortho intramolecular Hbond substituents is 2. The number of carbonyl (C=O) groups excluding carboxylic acids is 2. The molecule has 7 heteroatoms. The first kappa shape index (κ1) is 18.1. The Hall–Kier alpha value is -2.28. The number of aromatic hydroxyl groups is 2. The van der Waals surface area contributed by atoms with Gasteiger partial charge in [-0.1, -0.05) is 6.07 Å². The van der Waals surface area contributed by atoms with Crippen molar-refractivity contribution >= 4 is 11.8 Å². The lowest BCUT2D eigenvalue weighted by Crippen LogP contribution is -2.50. The Bertz CT molecular complexity index is 619. The van der Waals surface area contributed by atoms with Crippen LogP contribution in [0.2, 0.25) is 0 Å². The van der Waals surface area contributed by atoms with Gasteiger partial charge in [0.25, 0.3) is 0 Å². The number of hydrogen-bond acceptors (Lipinski definition) is 5. The van der Waals surface area contributed by atoms with Gasteiger partial charge < -0.3 is 25.5 Å². The third kappa shape index (κ3) is 4.17. The number of aliphatic hydroxyl groups excluding tert-OH is 1. The minimum atomic E-state index is -1.35. The van der Waals surface area contributed by atoms with E-state index in [1.54, 1.807) is 11.8 Å². The predicted octanol–water partition coefficient (Wildman–Crippen LogP) is 0.517. The molecule has 2 rings (SSSR count). The number of amides is 2. The SMILES string of the molecule is CC(NC(=O)C(O)Cc1ccc(O)c(O)c1)C(=O)N1CCCC1C. The van der Waals surface area contributed by atoms with Crippen LogP contribution in [0.25, 0.3) is 0 Å². The number of rotatable bonds is 5. The van der Waals surface area contributed by atoms with Crippen molar-refractivity contribution in [1.29, 1.82) is 0 Å². The molecule has 2 amide bonds. The van der Waals surface area contributed by atoms with Crippen LogP contribution in [0.15, 0.2) is 18.2 Å². The summed E-state index contributed by atoms with van der Waals surface area (Å²) in [5, 5.41) is 31.2. The standard InChI is InChI=1S/C17H24N2O5/c1-10-4-3-7-19(10)17(24)11(2)18-16(23)15(22)9-12-5-6-13(20)14(21)8-12/h5-6,8,10-11,15,20-22H,3-4,7,9H2,1-2H3,(H,18,23). The van der Waals surface area contributed by atoms with Crippen molar-refractivity contribution in [3.05, 3.63) is 23.8 Å². The van der Waals surface area contributed by atoms with Gasteiger partial charge in [-0.15, -0.1) is 0 Å². The molecule has 1 heterocycles. The van der Waals surface area contributed by atoms with Crippen LogP contribution in [-0.4, -0.2) is 56.8 Å². The Balaban J connectivity index is 1.90. The van der Waals surface area contributed by atoms with Gasteiger partial charge in [0.1, 0.15) is 12.1 Å². The smallest absolute Gasteiger partial charge is 0.249 e. The largest absolute Gasteiger partial charge is 0.504 e. The number of nitrogens with one attached hydrogen (secondary N) is 1. The molecule has 1 aliphatic rings. The predicted molar refractivity (Wildman–Crippen MR) is 87.5 cm³/mol. The van der Waals surface area contributed by atoms with Crippen LogP contribution in [-0.2, 0) is 16.0 Å². The Kier molecular flexibility index (Phi) is 5.66. The quantitative estimate of drug-likeness (QED) is 0.586. The van der Waals surface area contributed by atoms with Gasteiger partial charge in [0.05, 0.1) is 0 Å². The average Bonchev–Trinajstić information content (AvgIpc) is 2.96. The molecule has 3 atom stereocenters. The molecule has 4 N–H and O–H groups in total. The van der Waals surface area contributed by atoms with Crippen molar-refractivity contribution in [2.45, 2.75) is 51.3 Å². The molecule has 1 aromatic rings. The molecule has 0 spiro atoms. The zero-order chi connectivity index (χ0) is 17.9. The van der Waals surface area contributed by atoms with Crippen LogP contribution in [0.4, 0.5) is 0 Å². The summed E-state index contributed by atoms with van der Waals surface area (Å²) >= 11 is 0. The van der Waals surface area contributed by atoms with Crippen molar-refractivity contribution in [1.82, 2.24) is 10.2 Å². The second-order valence-electron chi connectivity index (χ2n) is 6.30. The number of likely N-dealkylation sites (tertiary alicyclic amines) is 1. The van der Waals surface area contributed by atoms with E-state index in [1.165, 1.54) is 18.2 Å². The highest BCUT2D eigenvalue weighted by molar-refractivity contribution is 5.89. The first-order chi connectivity index (χ1) is 11.3. The van der Waals surface area contributed by atoms with E-state index in [1.807, 2.05) is 6.92 Å². The third-order valence-corrected chi connectivity index (χ3v) is 4.34. The zero-order valence-corrected chi connectivity index (χ0v) is 13.9. The molecule has 0 radical (unpaired) electrons. The van der Waals surface area contributed by atoms with Gasteiger partial charge in [0.15, 0.2) is 11.5 Å². The summed E-state index contributed by atoms with van der Waals surface area (Å²) < 4.78 is 0. The van der Waals surface area contributed by atoms with Crippen LogP contribution in [0.1, 0.15) is 32.3 Å². The number of benzene rings is 1. The highest BCUT2D eigenvalue weighted by Gasteiger charge is 2.30. The molecule has 7 nitrogen and oxygen atoms in total. The molecule has 3 unspecified atom stereocenters. The topological polar surface area (TPSA) is 110 Å². The average molecular weight is 336 g/mol. The highest BCUT2D eigenvalue weighted by atomic mass is 16.3. The van der Waals surface area contributed by atoms with Crippen molar-refractivity contribution < 1.29 is 24.9 Å². The lowest BCUT2D eigenvalue weighted by molar-refractivity contribution is -0.138. The number of nitrogens with zero attached hydrogens (tertiary/aromatic N) is 1. The fraction of sp³-hybridized carbons (Fsp3) is 0.529. The molecule has 1 aliphatic heterocycles. The van der Waals surface area contributed by atoms with Gasteiger partial charge >= 0.3 is 0 Å². The number of phenols is 2. The van der Waals surface area contributed by atoms with Gasteiger partial charge in [0, 0.05) is 19.0 Å². The fourth-order valence-corrected chi connectivity index (χ4v) is 2.89. The molecule has 0 saturated carbocycles. The van der Waals surface area contributed by atoms with E-state index in [0.717, 1.165) is 12.8 Å². The second-order valence-corrected chi connectivity index (χ2v) is 6.30. The monoisotopic (exact) mass is 336 g/mol. The van der Waals surface area contributed by atoms with Crippen LogP contribution >= 0.6 is 0 Å². The number of carbonyl (C=O) groups is 2. The van der Waals surface area contributed by atoms with Gasteiger partial charge in [-0.3, -0.25) is 9.59 Å². The Labute approximate surface area is 140 Å². The van der Waals surface area contributed by atoms with Crippen LogP contribution in [0, 0.1) is 0 Å². The maximum atomic E-state index is 12.3. The molecule has 24 heavy (non-hydrogen) atoms. The van der Waals surface area contributed by atoms with Crippen molar-refractivity contribution in [3.8, 4) is 11.5 Å². The van der Waals surface area contributed by atoms with E-state index in [9.17, 15) is 24.9 Å². The van der Waals surface area contributed by atoms with E-state index in [2.05, 4.69) is 5.32 Å². The Morgan fingerprint density at radius 2 is 2.04 bits per heavy atom. The van der Waals surface area contributed by atoms with Gasteiger partial charge in [-0.25, -0.2) is 0 Å². The highest BCUT2D eigenvalue weighted by Crippen LogP contribution is 2.25. The normalized spacial score (nSPS) is 19.8. The minimum Gasteiger partial charge on any atom is -0.504 e. The zero-order valence-electron chi connectivity index (χ0n) is 13.9. The maximum absolute atomic E-state index is 12.3. The van der Waals surface area contributed by atoms with Gasteiger partial charge in [0.2, 0.25) is 11.8 Å². The van der Waals surface area contributed by atoms with Crippen LogP contribution < -0.4 is 5.32 Å². The molecule has 1 saturated heterocycles. The molecule has 1 aromatic carbocycles. The summed E-state index contributed by atoms with van der Waals surface area (Å²) in [6, 6.07) is 3.54. The van der Waals surface area contributed by atoms with E-state index in [4.69, 9.17) is 0 Å². The summed E-state index contributed by atoms with van der Waals surface area (Å²) in [6.07, 6.45) is 0.542. The summed E-state index contributed by atoms with van der Waals surface area (Å²) in [5.74, 6) is -1.37. The van der Waals surface area contributed by atoms with Gasteiger partial charge in [-0.2, -0.15) is 0 Å². The lowest BCUT2D eigenvalue weighted by Gasteiger charge is -2.26. The summed E-state index contributed by atoms with van der Waals surface area (Å²) in [7, 11) is 0. The summed E-state index contributed by atoms with van der Waals surface area (Å²) in [6.45, 7) is 4.27. The van der Waals surface area contributed by atoms with E-state index < -0.39 is 18.1 Å². The summed E-state index contributed by atoms with van der Waals surface area (Å²) in [4.78, 5) is 26.1. The number of hydrogen-bond donors (Lipinski definition) is 4. The van der Waals surface area contributed by atoms with Crippen LogP contribution in [0.3, 0.4) is 0 Å². The molecule has 1 fully saturated rings. The molecule has 132 valence electrons. The molecule has 0 aliphatic carbocycles. The molecule has 0 bridgehead atoms. The third-order valence-electron chi connectivity index (χ3n) is 4.34. The van der Waals surface area contributed by atoms with E-state index in [-0.39, 0.29) is 29.9 Å². The van der Waals surface area contributed by atoms with Crippen LogP contribution in [0.5, 0.6) is 11.5 Å². The summed E-state index contributed by atoms with van der Waals surface area (Å²) in [5.41, 5.74) is 0.500. The minimum absolute atomic E-state index is 0.0271. The second kappa shape index (κ2) is 7.53. The first-order valence-electron chi connectivity index (χ1n) is 8.09. The van der Waals surface area contributed by atoms with Crippen molar-refractivity contribution in [3.63, 3.8) is 0 Å². The molecular weight excluding hydrogens is 312 g/mol.